The molecule has 0 bridgehead atoms. The molecule has 174 valence electrons. The Morgan fingerprint density at radius 3 is 2.94 bits per heavy atom. The number of hydrogen-bond donors (Lipinski definition) is 2. The van der Waals surface area contributed by atoms with Crippen molar-refractivity contribution in [2.45, 2.75) is 44.6 Å². The molecular formula is C26H32N4OS2. The summed E-state index contributed by atoms with van der Waals surface area (Å²) in [5.41, 5.74) is 5.65. The van der Waals surface area contributed by atoms with Gasteiger partial charge in [-0.15, -0.1) is 11.8 Å². The molecule has 0 fully saturated rings. The molecule has 1 atom stereocenters. The lowest BCUT2D eigenvalue weighted by Crippen LogP contribution is -2.16. The maximum Gasteiger partial charge on any atom is 0.137 e. The number of nitrogens with zero attached hydrogens (tertiary/aromatic N) is 2. The third-order valence-corrected chi connectivity index (χ3v) is 7.32. The number of aliphatic imine (C=N–C) groups is 1. The van der Waals surface area contributed by atoms with E-state index >= 15 is 0 Å². The molecular weight excluding hydrogens is 448 g/mol. The average Bonchev–Trinajstić information content (AvgIpc) is 3.23. The van der Waals surface area contributed by atoms with E-state index in [0.717, 1.165) is 41.4 Å². The molecule has 1 aliphatic rings. The Labute approximate surface area is 206 Å². The van der Waals surface area contributed by atoms with Crippen molar-refractivity contribution in [2.75, 3.05) is 19.3 Å². The van der Waals surface area contributed by atoms with E-state index in [1.54, 1.807) is 23.7 Å². The summed E-state index contributed by atoms with van der Waals surface area (Å²) in [5.74, 6) is 2.41. The molecule has 0 radical (unpaired) electrons. The predicted octanol–water partition coefficient (Wildman–Crippen LogP) is 5.72. The van der Waals surface area contributed by atoms with Gasteiger partial charge in [0, 0.05) is 35.2 Å². The average molecular weight is 481 g/mol. The van der Waals surface area contributed by atoms with E-state index in [-0.39, 0.29) is 6.10 Å². The highest BCUT2D eigenvalue weighted by molar-refractivity contribution is 8.07. The van der Waals surface area contributed by atoms with Gasteiger partial charge in [0.15, 0.2) is 0 Å². The van der Waals surface area contributed by atoms with Gasteiger partial charge < -0.3 is 10.1 Å². The molecule has 1 unspecified atom stereocenters. The van der Waals surface area contributed by atoms with Crippen molar-refractivity contribution in [1.82, 2.24) is 10.0 Å². The maximum atomic E-state index is 9.53. The van der Waals surface area contributed by atoms with Crippen LogP contribution in [0.3, 0.4) is 0 Å². The Bertz CT molecular complexity index is 1030. The standard InChI is InChI=1S/C26H32N4OS2/c1-18(2)31-25-11-8-19(14-20(25)15-27)17-32-26(16-29-4)23-7-5-6-22-21(23)9-10-24(22)30-33-13-12-28-3/h5-8,11,14,16,18,24,28,30H,4,9-10,12-13,17H2,1-3H3/b26-16-. The van der Waals surface area contributed by atoms with Crippen molar-refractivity contribution in [3.63, 3.8) is 0 Å². The first-order chi connectivity index (χ1) is 16.1. The number of ether oxygens (including phenoxy) is 1. The minimum absolute atomic E-state index is 0.0331. The van der Waals surface area contributed by atoms with Crippen molar-refractivity contribution < 1.29 is 4.74 Å². The second-order valence-electron chi connectivity index (χ2n) is 8.11. The van der Waals surface area contributed by atoms with Crippen LogP contribution in [-0.4, -0.2) is 32.2 Å². The van der Waals surface area contributed by atoms with Crippen LogP contribution in [0.5, 0.6) is 5.75 Å². The fraction of sp³-hybridized carbons (Fsp3) is 0.385. The zero-order valence-corrected chi connectivity index (χ0v) is 21.2. The number of nitrogens with one attached hydrogen (secondary N) is 2. The lowest BCUT2D eigenvalue weighted by Gasteiger charge is -2.16. The minimum atomic E-state index is 0.0331. The third kappa shape index (κ3) is 6.87. The Morgan fingerprint density at radius 1 is 1.36 bits per heavy atom. The lowest BCUT2D eigenvalue weighted by atomic mass is 10.0. The molecule has 2 N–H and O–H groups in total. The van der Waals surface area contributed by atoms with Crippen LogP contribution in [-0.2, 0) is 12.2 Å². The van der Waals surface area contributed by atoms with Crippen molar-refractivity contribution in [1.29, 1.82) is 5.26 Å². The summed E-state index contributed by atoms with van der Waals surface area (Å²) < 4.78 is 9.38. The SMILES string of the molecule is C=N/C=C(\SCc1ccc(OC(C)C)c(C#N)c1)c1cccc2c1CCC2NSCCNC. The van der Waals surface area contributed by atoms with Crippen molar-refractivity contribution in [2.24, 2.45) is 4.99 Å². The van der Waals surface area contributed by atoms with E-state index in [9.17, 15) is 5.26 Å². The Balaban J connectivity index is 1.75. The number of thioether (sulfide) groups is 1. The number of rotatable bonds is 12. The predicted molar refractivity (Wildman–Crippen MR) is 143 cm³/mol. The monoisotopic (exact) mass is 480 g/mol. The summed E-state index contributed by atoms with van der Waals surface area (Å²) in [6.45, 7) is 8.61. The quantitative estimate of drug-likeness (QED) is 0.230. The molecule has 2 aromatic rings. The first kappa shape index (κ1) is 25.4. The topological polar surface area (TPSA) is 69.4 Å². The number of fused-ring (bicyclic) bond motifs is 1. The van der Waals surface area contributed by atoms with E-state index in [4.69, 9.17) is 4.74 Å². The van der Waals surface area contributed by atoms with Gasteiger partial charge in [-0.3, -0.25) is 9.71 Å². The van der Waals surface area contributed by atoms with Gasteiger partial charge in [0.05, 0.1) is 11.7 Å². The number of nitriles is 1. The second kappa shape index (κ2) is 12.9. The molecule has 0 spiro atoms. The third-order valence-electron chi connectivity index (χ3n) is 5.35. The molecule has 0 amide bonds. The fourth-order valence-corrected chi connectivity index (χ4v) is 5.73. The molecule has 3 rings (SSSR count). The largest absolute Gasteiger partial charge is 0.490 e. The van der Waals surface area contributed by atoms with Gasteiger partial charge in [0.1, 0.15) is 11.8 Å². The molecule has 0 aromatic heterocycles. The summed E-state index contributed by atoms with van der Waals surface area (Å²) in [6.07, 6.45) is 4.03. The highest BCUT2D eigenvalue weighted by atomic mass is 32.2. The van der Waals surface area contributed by atoms with Crippen LogP contribution < -0.4 is 14.8 Å². The van der Waals surface area contributed by atoms with E-state index < -0.39 is 0 Å². The smallest absolute Gasteiger partial charge is 0.137 e. The minimum Gasteiger partial charge on any atom is -0.490 e. The molecule has 1 aliphatic carbocycles. The maximum absolute atomic E-state index is 9.53. The van der Waals surface area contributed by atoms with Gasteiger partial charge in [0.25, 0.3) is 0 Å². The first-order valence-electron chi connectivity index (χ1n) is 11.2. The van der Waals surface area contributed by atoms with Gasteiger partial charge >= 0.3 is 0 Å². The Morgan fingerprint density at radius 2 is 2.21 bits per heavy atom. The normalized spacial score (nSPS) is 15.4. The van der Waals surface area contributed by atoms with Crippen LogP contribution in [0.15, 0.2) is 47.6 Å². The molecule has 5 nitrogen and oxygen atoms in total. The van der Waals surface area contributed by atoms with E-state index in [1.807, 2.05) is 45.3 Å². The van der Waals surface area contributed by atoms with E-state index in [2.05, 4.69) is 46.0 Å². The highest BCUT2D eigenvalue weighted by Crippen LogP contribution is 2.41. The van der Waals surface area contributed by atoms with E-state index in [0.29, 0.717) is 17.4 Å². The van der Waals surface area contributed by atoms with Gasteiger partial charge in [0.2, 0.25) is 0 Å². The van der Waals surface area contributed by atoms with Crippen LogP contribution in [0, 0.1) is 11.3 Å². The van der Waals surface area contributed by atoms with Crippen molar-refractivity contribution in [3.05, 3.63) is 70.4 Å². The Hall–Kier alpha value is -2.24. The van der Waals surface area contributed by atoms with Gasteiger partial charge in [-0.2, -0.15) is 5.26 Å². The summed E-state index contributed by atoms with van der Waals surface area (Å²) in [4.78, 5) is 5.19. The van der Waals surface area contributed by atoms with Crippen LogP contribution in [0.2, 0.25) is 0 Å². The summed E-state index contributed by atoms with van der Waals surface area (Å²) in [6, 6.07) is 15.0. The highest BCUT2D eigenvalue weighted by Gasteiger charge is 2.25. The molecule has 0 heterocycles. The van der Waals surface area contributed by atoms with Crippen LogP contribution in [0.1, 0.15) is 54.1 Å². The molecule has 0 saturated heterocycles. The summed E-state index contributed by atoms with van der Waals surface area (Å²) >= 11 is 3.51. The zero-order valence-electron chi connectivity index (χ0n) is 19.6. The molecule has 0 aliphatic heterocycles. The molecule has 33 heavy (non-hydrogen) atoms. The molecule has 2 aromatic carbocycles. The molecule has 7 heteroatoms. The Kier molecular flexibility index (Phi) is 9.89. The van der Waals surface area contributed by atoms with Crippen LogP contribution in [0.25, 0.3) is 4.91 Å². The summed E-state index contributed by atoms with van der Waals surface area (Å²) in [7, 11) is 1.98. The van der Waals surface area contributed by atoms with Crippen LogP contribution in [0.4, 0.5) is 0 Å². The summed E-state index contributed by atoms with van der Waals surface area (Å²) in [5, 5.41) is 12.7. The van der Waals surface area contributed by atoms with Gasteiger partial charge in [-0.1, -0.05) is 36.2 Å². The van der Waals surface area contributed by atoms with Crippen molar-refractivity contribution in [3.8, 4) is 11.8 Å². The number of benzene rings is 2. The van der Waals surface area contributed by atoms with Gasteiger partial charge in [-0.05, 0) is 74.8 Å². The second-order valence-corrected chi connectivity index (χ2v) is 10.1. The molecule has 0 saturated carbocycles. The van der Waals surface area contributed by atoms with Crippen LogP contribution >= 0.6 is 23.7 Å². The zero-order chi connectivity index (χ0) is 23.6. The van der Waals surface area contributed by atoms with E-state index in [1.165, 1.54) is 16.7 Å². The van der Waals surface area contributed by atoms with Crippen molar-refractivity contribution >= 4 is 35.3 Å². The fourth-order valence-electron chi connectivity index (χ4n) is 3.86. The lowest BCUT2D eigenvalue weighted by molar-refractivity contribution is 0.241. The number of hydrogen-bond acceptors (Lipinski definition) is 7. The first-order valence-corrected chi connectivity index (χ1v) is 13.2. The van der Waals surface area contributed by atoms with Gasteiger partial charge in [-0.25, -0.2) is 0 Å².